The van der Waals surface area contributed by atoms with E-state index in [1.54, 1.807) is 32.0 Å². The Kier molecular flexibility index (Phi) is 8.47. The molecule has 0 saturated carbocycles. The summed E-state index contributed by atoms with van der Waals surface area (Å²) in [5.74, 6) is -0.976. The van der Waals surface area contributed by atoms with Crippen LogP contribution in [-0.2, 0) is 14.3 Å². The largest absolute Gasteiger partial charge is 0.495 e. The molecule has 0 fully saturated rings. The number of nitrogens with zero attached hydrogens (tertiary/aromatic N) is 1. The molecule has 10 heteroatoms. The molecule has 31 heavy (non-hydrogen) atoms. The van der Waals surface area contributed by atoms with E-state index >= 15 is 0 Å². The molecule has 0 atom stereocenters. The van der Waals surface area contributed by atoms with Crippen molar-refractivity contribution in [3.63, 3.8) is 0 Å². The molecule has 9 nitrogen and oxygen atoms in total. The van der Waals surface area contributed by atoms with E-state index in [0.717, 1.165) is 0 Å². The SMILES string of the molecule is COCCOC(=O)c1c(C)[nH]c(C(=O)N(C)CC(=O)Nc2cc(Cl)ccc2OC)c1C. The van der Waals surface area contributed by atoms with Gasteiger partial charge in [0.1, 0.15) is 18.1 Å². The molecule has 0 bridgehead atoms. The second-order valence-corrected chi connectivity index (χ2v) is 7.24. The summed E-state index contributed by atoms with van der Waals surface area (Å²) in [6, 6.07) is 4.82. The van der Waals surface area contributed by atoms with Gasteiger partial charge in [-0.25, -0.2) is 4.79 Å². The van der Waals surface area contributed by atoms with E-state index in [1.165, 1.54) is 26.2 Å². The Morgan fingerprint density at radius 2 is 1.87 bits per heavy atom. The first-order valence-electron chi connectivity index (χ1n) is 9.43. The number of H-pyrrole nitrogens is 1. The number of ether oxygens (including phenoxy) is 3. The van der Waals surface area contributed by atoms with E-state index in [-0.39, 0.29) is 25.5 Å². The standard InChI is InChI=1S/C21H26ClN3O6/c1-12-18(21(28)31-9-8-29-4)13(2)23-19(12)20(27)25(3)11-17(26)24-15-10-14(22)6-7-16(15)30-5/h6-7,10,23H,8-9,11H2,1-5H3,(H,24,26). The summed E-state index contributed by atoms with van der Waals surface area (Å²) in [5, 5.41) is 3.11. The number of esters is 1. The molecule has 1 aromatic carbocycles. The van der Waals surface area contributed by atoms with Crippen LogP contribution in [0.2, 0.25) is 5.02 Å². The number of hydrogen-bond acceptors (Lipinski definition) is 6. The topological polar surface area (TPSA) is 110 Å². The minimum absolute atomic E-state index is 0.107. The summed E-state index contributed by atoms with van der Waals surface area (Å²) < 4.78 is 15.2. The molecule has 2 rings (SSSR count). The Morgan fingerprint density at radius 3 is 2.52 bits per heavy atom. The maximum Gasteiger partial charge on any atom is 0.340 e. The summed E-state index contributed by atoms with van der Waals surface area (Å²) in [4.78, 5) is 41.8. The van der Waals surface area contributed by atoms with Gasteiger partial charge in [0.2, 0.25) is 5.91 Å². The molecule has 2 amide bonds. The zero-order valence-corrected chi connectivity index (χ0v) is 18.9. The van der Waals surface area contributed by atoms with Crippen molar-refractivity contribution >= 4 is 35.1 Å². The van der Waals surface area contributed by atoms with Gasteiger partial charge in [0.25, 0.3) is 5.91 Å². The predicted molar refractivity (Wildman–Crippen MR) is 116 cm³/mol. The minimum atomic E-state index is -0.546. The number of nitrogens with one attached hydrogen (secondary N) is 2. The van der Waals surface area contributed by atoms with Crippen LogP contribution in [0.25, 0.3) is 0 Å². The molecule has 2 aromatic rings. The molecule has 0 radical (unpaired) electrons. The molecular weight excluding hydrogens is 426 g/mol. The Labute approximate surface area is 185 Å². The molecule has 0 aliphatic heterocycles. The number of rotatable bonds is 9. The van der Waals surface area contributed by atoms with Gasteiger partial charge in [0.15, 0.2) is 0 Å². The third-order valence-corrected chi connectivity index (χ3v) is 4.77. The average molecular weight is 452 g/mol. The van der Waals surface area contributed by atoms with Crippen LogP contribution in [0.1, 0.15) is 32.1 Å². The minimum Gasteiger partial charge on any atom is -0.495 e. The number of likely N-dealkylation sites (N-methyl/N-ethyl adjacent to an activating group) is 1. The number of anilines is 1. The number of carbonyl (C=O) groups excluding carboxylic acids is 3. The van der Waals surface area contributed by atoms with Crippen LogP contribution in [0.4, 0.5) is 5.69 Å². The van der Waals surface area contributed by atoms with Gasteiger partial charge in [-0.3, -0.25) is 9.59 Å². The average Bonchev–Trinajstić information content (AvgIpc) is 3.01. The van der Waals surface area contributed by atoms with Gasteiger partial charge in [0.05, 0.1) is 31.5 Å². The number of aryl methyl sites for hydroxylation is 1. The second kappa shape index (κ2) is 10.8. The molecule has 0 saturated heterocycles. The first kappa shape index (κ1) is 24.2. The zero-order chi connectivity index (χ0) is 23.1. The van der Waals surface area contributed by atoms with Crippen molar-refractivity contribution in [2.24, 2.45) is 0 Å². The number of carbonyl (C=O) groups is 3. The molecule has 1 aromatic heterocycles. The van der Waals surface area contributed by atoms with Crippen molar-refractivity contribution in [2.45, 2.75) is 13.8 Å². The van der Waals surface area contributed by atoms with Crippen molar-refractivity contribution in [1.82, 2.24) is 9.88 Å². The van der Waals surface area contributed by atoms with E-state index in [9.17, 15) is 14.4 Å². The first-order chi connectivity index (χ1) is 14.7. The van der Waals surface area contributed by atoms with Gasteiger partial charge in [0, 0.05) is 24.9 Å². The molecule has 1 heterocycles. The van der Waals surface area contributed by atoms with Crippen LogP contribution < -0.4 is 10.1 Å². The summed E-state index contributed by atoms with van der Waals surface area (Å²) in [6.45, 7) is 3.48. The Balaban J connectivity index is 2.10. The van der Waals surface area contributed by atoms with Gasteiger partial charge in [-0.2, -0.15) is 0 Å². The molecule has 168 valence electrons. The summed E-state index contributed by atoms with van der Waals surface area (Å²) >= 11 is 5.97. The molecule has 0 aliphatic rings. The van der Waals surface area contributed by atoms with Crippen molar-refractivity contribution in [3.8, 4) is 5.75 Å². The fraction of sp³-hybridized carbons (Fsp3) is 0.381. The number of aromatic amines is 1. The van der Waals surface area contributed by atoms with Crippen LogP contribution in [0.15, 0.2) is 18.2 Å². The Morgan fingerprint density at radius 1 is 1.16 bits per heavy atom. The van der Waals surface area contributed by atoms with E-state index in [4.69, 9.17) is 25.8 Å². The van der Waals surface area contributed by atoms with E-state index in [0.29, 0.717) is 33.3 Å². The number of methoxy groups -OCH3 is 2. The van der Waals surface area contributed by atoms with Gasteiger partial charge in [-0.05, 0) is 37.6 Å². The predicted octanol–water partition coefficient (Wildman–Crippen LogP) is 2.81. The van der Waals surface area contributed by atoms with Crippen LogP contribution in [0, 0.1) is 13.8 Å². The number of halogens is 1. The third-order valence-electron chi connectivity index (χ3n) is 4.54. The lowest BCUT2D eigenvalue weighted by molar-refractivity contribution is -0.116. The molecule has 0 aliphatic carbocycles. The highest BCUT2D eigenvalue weighted by Crippen LogP contribution is 2.27. The van der Waals surface area contributed by atoms with Gasteiger partial charge in [-0.1, -0.05) is 11.6 Å². The molecule has 2 N–H and O–H groups in total. The number of hydrogen-bond donors (Lipinski definition) is 2. The fourth-order valence-corrected chi connectivity index (χ4v) is 3.18. The van der Waals surface area contributed by atoms with Crippen molar-refractivity contribution in [3.05, 3.63) is 45.7 Å². The number of benzene rings is 1. The lowest BCUT2D eigenvalue weighted by Crippen LogP contribution is -2.35. The summed E-state index contributed by atoms with van der Waals surface area (Å²) in [7, 11) is 4.47. The van der Waals surface area contributed by atoms with E-state index in [2.05, 4.69) is 10.3 Å². The highest BCUT2D eigenvalue weighted by atomic mass is 35.5. The molecule has 0 unspecified atom stereocenters. The first-order valence-corrected chi connectivity index (χ1v) is 9.81. The molecule has 0 spiro atoms. The Hall–Kier alpha value is -3.04. The van der Waals surface area contributed by atoms with Crippen molar-refractivity contribution in [1.29, 1.82) is 0 Å². The summed E-state index contributed by atoms with van der Waals surface area (Å²) in [6.07, 6.45) is 0. The lowest BCUT2D eigenvalue weighted by atomic mass is 10.1. The van der Waals surface area contributed by atoms with Crippen molar-refractivity contribution in [2.75, 3.05) is 46.3 Å². The van der Waals surface area contributed by atoms with Crippen molar-refractivity contribution < 1.29 is 28.6 Å². The maximum atomic E-state index is 12.9. The van der Waals surface area contributed by atoms with Crippen LogP contribution >= 0.6 is 11.6 Å². The summed E-state index contributed by atoms with van der Waals surface area (Å²) in [5.41, 5.74) is 1.86. The lowest BCUT2D eigenvalue weighted by Gasteiger charge is -2.17. The number of amides is 2. The highest BCUT2D eigenvalue weighted by Gasteiger charge is 2.25. The van der Waals surface area contributed by atoms with Crippen LogP contribution in [0.3, 0.4) is 0 Å². The normalized spacial score (nSPS) is 10.5. The van der Waals surface area contributed by atoms with Gasteiger partial charge >= 0.3 is 5.97 Å². The van der Waals surface area contributed by atoms with Gasteiger partial charge in [-0.15, -0.1) is 0 Å². The smallest absolute Gasteiger partial charge is 0.340 e. The highest BCUT2D eigenvalue weighted by molar-refractivity contribution is 6.31. The fourth-order valence-electron chi connectivity index (χ4n) is 3.01. The molecular formula is C21H26ClN3O6. The maximum absolute atomic E-state index is 12.9. The monoisotopic (exact) mass is 451 g/mol. The van der Waals surface area contributed by atoms with Crippen LogP contribution in [0.5, 0.6) is 5.75 Å². The third kappa shape index (κ3) is 5.99. The second-order valence-electron chi connectivity index (χ2n) is 6.81. The zero-order valence-electron chi connectivity index (χ0n) is 18.1. The number of aromatic nitrogens is 1. The Bertz CT molecular complexity index is 972. The van der Waals surface area contributed by atoms with Crippen LogP contribution in [-0.4, -0.2) is 68.7 Å². The quantitative estimate of drug-likeness (QED) is 0.448. The van der Waals surface area contributed by atoms with E-state index in [1.807, 2.05) is 0 Å². The van der Waals surface area contributed by atoms with Gasteiger partial charge < -0.3 is 29.4 Å². The van der Waals surface area contributed by atoms with E-state index < -0.39 is 17.8 Å².